The van der Waals surface area contributed by atoms with Gasteiger partial charge in [-0.25, -0.2) is 4.79 Å². The molecule has 0 aromatic rings. The summed E-state index contributed by atoms with van der Waals surface area (Å²) in [5.74, 6) is -2.09. The average molecular weight is 336 g/mol. The Morgan fingerprint density at radius 3 is 2.22 bits per heavy atom. The second-order valence-corrected chi connectivity index (χ2v) is 5.03. The molecule has 0 saturated carbocycles. The Bertz CT molecular complexity index is 411. The summed E-state index contributed by atoms with van der Waals surface area (Å²) in [6, 6.07) is 0. The van der Waals surface area contributed by atoms with E-state index in [2.05, 4.69) is 6.58 Å². The summed E-state index contributed by atoms with van der Waals surface area (Å²) in [5, 5.41) is 47.2. The normalized spacial score (nSPS) is 19.1. The number of carbonyl (C=O) groups is 2. The smallest absolute Gasteiger partial charge is 0.331 e. The van der Waals surface area contributed by atoms with E-state index in [1.165, 1.54) is 0 Å². The van der Waals surface area contributed by atoms with Crippen molar-refractivity contribution >= 4 is 11.8 Å². The van der Waals surface area contributed by atoms with Gasteiger partial charge in [-0.15, -0.1) is 0 Å². The highest BCUT2D eigenvalue weighted by molar-refractivity contribution is 5.94. The van der Waals surface area contributed by atoms with Crippen LogP contribution in [0.5, 0.6) is 0 Å². The number of esters is 1. The molecule has 0 aliphatic carbocycles. The number of hydrogen-bond donors (Lipinski definition) is 5. The molecule has 0 bridgehead atoms. The number of ketones is 1. The maximum atomic E-state index is 12.3. The van der Waals surface area contributed by atoms with Gasteiger partial charge in [-0.3, -0.25) is 4.79 Å². The van der Waals surface area contributed by atoms with Crippen LogP contribution in [0.4, 0.5) is 0 Å². The van der Waals surface area contributed by atoms with Crippen molar-refractivity contribution in [2.45, 2.75) is 43.9 Å². The Hall–Kier alpha value is -1.36. The molecular weight excluding hydrogens is 312 g/mol. The Morgan fingerprint density at radius 1 is 1.22 bits per heavy atom. The molecule has 9 nitrogen and oxygen atoms in total. The van der Waals surface area contributed by atoms with Gasteiger partial charge in [0.15, 0.2) is 5.60 Å². The van der Waals surface area contributed by atoms with Gasteiger partial charge in [0.1, 0.15) is 24.4 Å². The molecule has 0 aliphatic rings. The van der Waals surface area contributed by atoms with E-state index in [4.69, 9.17) is 14.6 Å². The fourth-order valence-electron chi connectivity index (χ4n) is 1.70. The predicted molar refractivity (Wildman–Crippen MR) is 77.3 cm³/mol. The topological polar surface area (TPSA) is 154 Å². The van der Waals surface area contributed by atoms with Crippen LogP contribution in [0, 0.1) is 0 Å². The van der Waals surface area contributed by atoms with Gasteiger partial charge in [-0.1, -0.05) is 6.58 Å². The number of aliphatic hydroxyl groups is 5. The molecule has 0 radical (unpaired) electrons. The van der Waals surface area contributed by atoms with Gasteiger partial charge in [-0.05, 0) is 13.8 Å². The molecule has 0 aromatic carbocycles. The highest BCUT2D eigenvalue weighted by Crippen LogP contribution is 2.19. The first kappa shape index (κ1) is 21.6. The molecule has 5 atom stereocenters. The van der Waals surface area contributed by atoms with E-state index in [0.29, 0.717) is 0 Å². The minimum atomic E-state index is -2.19. The van der Waals surface area contributed by atoms with Crippen LogP contribution in [-0.4, -0.2) is 87.1 Å². The van der Waals surface area contributed by atoms with Gasteiger partial charge in [0.05, 0.1) is 13.2 Å². The lowest BCUT2D eigenvalue weighted by atomic mass is 9.91. The minimum Gasteiger partial charge on any atom is -0.446 e. The minimum absolute atomic E-state index is 0.193. The largest absolute Gasteiger partial charge is 0.446 e. The second kappa shape index (κ2) is 9.71. The third-order valence-corrected chi connectivity index (χ3v) is 3.12. The van der Waals surface area contributed by atoms with Gasteiger partial charge in [0, 0.05) is 12.7 Å². The van der Waals surface area contributed by atoms with E-state index in [1.807, 2.05) is 0 Å². The van der Waals surface area contributed by atoms with Crippen molar-refractivity contribution in [3.8, 4) is 0 Å². The van der Waals surface area contributed by atoms with Crippen molar-refractivity contribution < 1.29 is 44.6 Å². The highest BCUT2D eigenvalue weighted by Gasteiger charge is 2.45. The summed E-state index contributed by atoms with van der Waals surface area (Å²) in [6.45, 7) is 4.89. The Morgan fingerprint density at radius 2 is 1.78 bits per heavy atom. The van der Waals surface area contributed by atoms with Crippen LogP contribution in [0.1, 0.15) is 13.8 Å². The first-order valence-electron chi connectivity index (χ1n) is 6.95. The molecule has 5 N–H and O–H groups in total. The van der Waals surface area contributed by atoms with E-state index in [-0.39, 0.29) is 6.61 Å². The molecular formula is C14H24O9. The zero-order valence-electron chi connectivity index (χ0n) is 13.1. The maximum Gasteiger partial charge on any atom is 0.331 e. The van der Waals surface area contributed by atoms with Crippen LogP contribution in [0.25, 0.3) is 0 Å². The Labute approximate surface area is 133 Å². The average Bonchev–Trinajstić information content (AvgIpc) is 2.56. The second-order valence-electron chi connectivity index (χ2n) is 5.03. The number of carbonyl (C=O) groups excluding carboxylic acids is 2. The zero-order valence-corrected chi connectivity index (χ0v) is 13.1. The number of rotatable bonds is 11. The van der Waals surface area contributed by atoms with Gasteiger partial charge in [0.2, 0.25) is 5.78 Å². The molecule has 1 unspecified atom stereocenters. The van der Waals surface area contributed by atoms with Crippen LogP contribution in [0.3, 0.4) is 0 Å². The number of ether oxygens (including phenoxy) is 2. The number of hydrogen-bond acceptors (Lipinski definition) is 9. The first-order valence-corrected chi connectivity index (χ1v) is 6.95. The molecule has 0 rings (SSSR count). The van der Waals surface area contributed by atoms with Crippen molar-refractivity contribution in [2.75, 3.05) is 19.8 Å². The van der Waals surface area contributed by atoms with Gasteiger partial charge in [0.25, 0.3) is 0 Å². The zero-order chi connectivity index (χ0) is 18.2. The van der Waals surface area contributed by atoms with Gasteiger partial charge >= 0.3 is 5.97 Å². The van der Waals surface area contributed by atoms with Gasteiger partial charge < -0.3 is 35.0 Å². The first-order chi connectivity index (χ1) is 10.6. The number of Topliss-reactive ketones (excluding diaryl/α,β-unsaturated/α-hetero) is 1. The quantitative estimate of drug-likeness (QED) is 0.204. The summed E-state index contributed by atoms with van der Waals surface area (Å²) < 4.78 is 9.94. The van der Waals surface area contributed by atoms with Crippen LogP contribution in [0.2, 0.25) is 0 Å². The summed E-state index contributed by atoms with van der Waals surface area (Å²) >= 11 is 0. The molecule has 0 fully saturated rings. The monoisotopic (exact) mass is 336 g/mol. The van der Waals surface area contributed by atoms with Crippen LogP contribution >= 0.6 is 0 Å². The summed E-state index contributed by atoms with van der Waals surface area (Å²) in [4.78, 5) is 23.7. The third kappa shape index (κ3) is 5.98. The van der Waals surface area contributed by atoms with Crippen molar-refractivity contribution in [3.05, 3.63) is 12.7 Å². The van der Waals surface area contributed by atoms with E-state index >= 15 is 0 Å². The van der Waals surface area contributed by atoms with Crippen molar-refractivity contribution in [2.24, 2.45) is 0 Å². The fourth-order valence-corrected chi connectivity index (χ4v) is 1.70. The fraction of sp³-hybridized carbons (Fsp3) is 0.714. The molecule has 0 aromatic heterocycles. The Balaban J connectivity index is 5.25. The van der Waals surface area contributed by atoms with E-state index in [9.17, 15) is 30.0 Å². The van der Waals surface area contributed by atoms with Crippen molar-refractivity contribution in [3.63, 3.8) is 0 Å². The molecule has 0 heterocycles. The predicted octanol–water partition coefficient (Wildman–Crippen LogP) is -2.48. The molecule has 0 amide bonds. The van der Waals surface area contributed by atoms with Crippen LogP contribution in [0.15, 0.2) is 12.7 Å². The number of aliphatic hydroxyl groups excluding tert-OH is 5. The van der Waals surface area contributed by atoms with Crippen molar-refractivity contribution in [1.29, 1.82) is 0 Å². The summed E-state index contributed by atoms with van der Waals surface area (Å²) in [7, 11) is 0. The summed E-state index contributed by atoms with van der Waals surface area (Å²) in [5.41, 5.74) is -1.94. The molecule has 0 spiro atoms. The lowest BCUT2D eigenvalue weighted by molar-refractivity contribution is -0.180. The van der Waals surface area contributed by atoms with Crippen LogP contribution < -0.4 is 0 Å². The molecule has 9 heteroatoms. The molecule has 134 valence electrons. The van der Waals surface area contributed by atoms with Crippen molar-refractivity contribution in [1.82, 2.24) is 0 Å². The SMILES string of the molecule is C=CC(=O)OC(C)(COCC)C(=O)[C@H](O)[C@@H](O)[C@H](O)[C@H](O)CO. The van der Waals surface area contributed by atoms with Crippen LogP contribution in [-0.2, 0) is 19.1 Å². The molecule has 23 heavy (non-hydrogen) atoms. The Kier molecular flexibility index (Phi) is 9.13. The van der Waals surface area contributed by atoms with Gasteiger partial charge in [-0.2, -0.15) is 0 Å². The lowest BCUT2D eigenvalue weighted by Crippen LogP contribution is -2.56. The standard InChI is InChI=1S/C14H24O9/c1-4-9(17)23-14(3,7-22-5-2)13(21)12(20)11(19)10(18)8(16)6-15/h4,8,10-12,15-16,18-20H,1,5-7H2,2-3H3/t8-,10-,11+,12-,14?/m1/s1. The molecule has 0 aliphatic heterocycles. The molecule has 0 saturated heterocycles. The van der Waals surface area contributed by atoms with E-state index < -0.39 is 55.0 Å². The summed E-state index contributed by atoms with van der Waals surface area (Å²) in [6.07, 6.45) is -7.22. The third-order valence-electron chi connectivity index (χ3n) is 3.12. The van der Waals surface area contributed by atoms with E-state index in [1.54, 1.807) is 6.92 Å². The maximum absolute atomic E-state index is 12.3. The van der Waals surface area contributed by atoms with E-state index in [0.717, 1.165) is 13.0 Å². The highest BCUT2D eigenvalue weighted by atomic mass is 16.6. The lowest BCUT2D eigenvalue weighted by Gasteiger charge is -2.32.